The zero-order valence-corrected chi connectivity index (χ0v) is 14.7. The largest absolute Gasteiger partial charge is 0.513 e. The molecule has 0 aromatic carbocycles. The van der Waals surface area contributed by atoms with E-state index in [1.165, 1.54) is 0 Å². The SMILES string of the molecule is C/C(O)=C(\C)CCN1CCC2(CC1)CN(C1CC1)C(=O)C(C)O2. The first kappa shape index (κ1) is 16.8. The molecular weight excluding hydrogens is 292 g/mol. The van der Waals surface area contributed by atoms with Crippen LogP contribution in [0.1, 0.15) is 52.9 Å². The Morgan fingerprint density at radius 2 is 1.96 bits per heavy atom. The van der Waals surface area contributed by atoms with Gasteiger partial charge in [0.2, 0.25) is 0 Å². The second kappa shape index (κ2) is 6.44. The van der Waals surface area contributed by atoms with E-state index < -0.39 is 0 Å². The standard InChI is InChI=1S/C18H30N2O3/c1-13(14(2)21)6-9-19-10-7-18(8-11-19)12-20(16-4-5-16)17(22)15(3)23-18/h15-16,21H,4-12H2,1-3H3/b14-13-. The summed E-state index contributed by atoms with van der Waals surface area (Å²) in [5.41, 5.74) is 0.933. The number of likely N-dealkylation sites (tertiary alicyclic amines) is 1. The molecule has 2 heterocycles. The van der Waals surface area contributed by atoms with Crippen LogP contribution in [0.3, 0.4) is 0 Å². The van der Waals surface area contributed by atoms with Gasteiger partial charge >= 0.3 is 0 Å². The first-order chi connectivity index (χ1) is 10.9. The molecule has 0 aromatic heterocycles. The van der Waals surface area contributed by atoms with Crippen molar-refractivity contribution in [2.45, 2.75) is 70.6 Å². The van der Waals surface area contributed by atoms with E-state index in [1.54, 1.807) is 6.92 Å². The molecule has 1 atom stereocenters. The molecule has 2 saturated heterocycles. The van der Waals surface area contributed by atoms with Gasteiger partial charge in [0.15, 0.2) is 0 Å². The topological polar surface area (TPSA) is 53.0 Å². The molecular formula is C18H30N2O3. The van der Waals surface area contributed by atoms with Crippen LogP contribution < -0.4 is 0 Å². The first-order valence-corrected chi connectivity index (χ1v) is 8.96. The van der Waals surface area contributed by atoms with E-state index in [9.17, 15) is 9.90 Å². The summed E-state index contributed by atoms with van der Waals surface area (Å²) in [5.74, 6) is 0.626. The molecule has 1 spiro atoms. The summed E-state index contributed by atoms with van der Waals surface area (Å²) in [6.45, 7) is 9.44. The van der Waals surface area contributed by atoms with E-state index in [4.69, 9.17) is 4.74 Å². The Bertz CT molecular complexity index is 486. The molecule has 23 heavy (non-hydrogen) atoms. The van der Waals surface area contributed by atoms with Crippen molar-refractivity contribution in [3.63, 3.8) is 0 Å². The molecule has 5 heteroatoms. The number of amides is 1. The van der Waals surface area contributed by atoms with Crippen molar-refractivity contribution in [1.82, 2.24) is 9.80 Å². The minimum absolute atomic E-state index is 0.135. The van der Waals surface area contributed by atoms with Crippen LogP contribution in [0.4, 0.5) is 0 Å². The van der Waals surface area contributed by atoms with Gasteiger partial charge in [0.05, 0.1) is 17.9 Å². The van der Waals surface area contributed by atoms with Crippen LogP contribution in [0.15, 0.2) is 11.3 Å². The van der Waals surface area contributed by atoms with Crippen molar-refractivity contribution in [2.75, 3.05) is 26.2 Å². The maximum absolute atomic E-state index is 12.3. The predicted octanol–water partition coefficient (Wildman–Crippen LogP) is 2.47. The number of carbonyl (C=O) groups is 1. The van der Waals surface area contributed by atoms with Crippen LogP contribution in [0, 0.1) is 0 Å². The fourth-order valence-corrected chi connectivity index (χ4v) is 3.75. The van der Waals surface area contributed by atoms with Crippen molar-refractivity contribution in [2.24, 2.45) is 0 Å². The van der Waals surface area contributed by atoms with E-state index in [2.05, 4.69) is 9.80 Å². The monoisotopic (exact) mass is 322 g/mol. The summed E-state index contributed by atoms with van der Waals surface area (Å²) in [7, 11) is 0. The summed E-state index contributed by atoms with van der Waals surface area (Å²) < 4.78 is 6.18. The molecule has 3 rings (SSSR count). The third kappa shape index (κ3) is 3.72. The number of nitrogens with zero attached hydrogens (tertiary/aromatic N) is 2. The molecule has 2 aliphatic heterocycles. The summed E-state index contributed by atoms with van der Waals surface area (Å²) in [4.78, 5) is 16.8. The highest BCUT2D eigenvalue weighted by Gasteiger charge is 2.48. The van der Waals surface area contributed by atoms with Gasteiger partial charge < -0.3 is 19.6 Å². The summed E-state index contributed by atoms with van der Waals surface area (Å²) in [5, 5.41) is 9.49. The van der Waals surface area contributed by atoms with Crippen LogP contribution in [0.25, 0.3) is 0 Å². The van der Waals surface area contributed by atoms with Crippen LogP contribution >= 0.6 is 0 Å². The highest BCUT2D eigenvalue weighted by atomic mass is 16.5. The lowest BCUT2D eigenvalue weighted by Crippen LogP contribution is -2.61. The lowest BCUT2D eigenvalue weighted by Gasteiger charge is -2.49. The molecule has 1 saturated carbocycles. The highest BCUT2D eigenvalue weighted by molar-refractivity contribution is 5.82. The Labute approximate surface area is 139 Å². The minimum atomic E-state index is -0.293. The van der Waals surface area contributed by atoms with E-state index in [0.29, 0.717) is 11.8 Å². The minimum Gasteiger partial charge on any atom is -0.513 e. The molecule has 0 bridgehead atoms. The highest BCUT2D eigenvalue weighted by Crippen LogP contribution is 2.38. The lowest BCUT2D eigenvalue weighted by atomic mass is 9.88. The normalized spacial score (nSPS) is 29.8. The van der Waals surface area contributed by atoms with Crippen LogP contribution in [0.2, 0.25) is 0 Å². The lowest BCUT2D eigenvalue weighted by molar-refractivity contribution is -0.190. The molecule has 0 radical (unpaired) electrons. The van der Waals surface area contributed by atoms with Gasteiger partial charge in [-0.05, 0) is 58.4 Å². The van der Waals surface area contributed by atoms with Crippen molar-refractivity contribution in [3.8, 4) is 0 Å². The van der Waals surface area contributed by atoms with Crippen molar-refractivity contribution < 1.29 is 14.6 Å². The van der Waals surface area contributed by atoms with Crippen LogP contribution in [-0.2, 0) is 9.53 Å². The first-order valence-electron chi connectivity index (χ1n) is 8.96. The molecule has 3 aliphatic rings. The van der Waals surface area contributed by atoms with Gasteiger partial charge in [0.1, 0.15) is 6.10 Å². The van der Waals surface area contributed by atoms with Crippen LogP contribution in [0.5, 0.6) is 0 Å². The summed E-state index contributed by atoms with van der Waals surface area (Å²) >= 11 is 0. The number of hydrogen-bond donors (Lipinski definition) is 1. The van der Waals surface area contributed by atoms with Crippen molar-refractivity contribution in [1.29, 1.82) is 0 Å². The number of aliphatic hydroxyl groups excluding tert-OH is 1. The zero-order valence-electron chi connectivity index (χ0n) is 14.7. The average molecular weight is 322 g/mol. The second-order valence-corrected chi connectivity index (χ2v) is 7.60. The van der Waals surface area contributed by atoms with Crippen molar-refractivity contribution in [3.05, 3.63) is 11.3 Å². The van der Waals surface area contributed by atoms with Crippen molar-refractivity contribution >= 4 is 5.91 Å². The molecule has 1 amide bonds. The smallest absolute Gasteiger partial charge is 0.251 e. The van der Waals surface area contributed by atoms with Gasteiger partial charge in [0, 0.05) is 25.7 Å². The Kier molecular flexibility index (Phi) is 4.70. The number of rotatable bonds is 4. The Balaban J connectivity index is 1.55. The third-order valence-corrected chi connectivity index (χ3v) is 5.69. The average Bonchev–Trinajstić information content (AvgIpc) is 3.35. The maximum atomic E-state index is 12.3. The third-order valence-electron chi connectivity index (χ3n) is 5.69. The second-order valence-electron chi connectivity index (χ2n) is 7.60. The van der Waals surface area contributed by atoms with Crippen LogP contribution in [-0.4, -0.2) is 64.7 Å². The molecule has 5 nitrogen and oxygen atoms in total. The molecule has 1 unspecified atom stereocenters. The number of morpholine rings is 1. The maximum Gasteiger partial charge on any atom is 0.251 e. The number of hydrogen-bond acceptors (Lipinski definition) is 4. The quantitative estimate of drug-likeness (QED) is 0.808. The van der Waals surface area contributed by atoms with Gasteiger partial charge in [-0.1, -0.05) is 0 Å². The van der Waals surface area contributed by atoms with Gasteiger partial charge in [-0.3, -0.25) is 4.79 Å². The zero-order chi connectivity index (χ0) is 16.6. The molecule has 130 valence electrons. The molecule has 1 aliphatic carbocycles. The van der Waals surface area contributed by atoms with E-state index >= 15 is 0 Å². The Hall–Kier alpha value is -1.07. The molecule has 3 fully saturated rings. The number of ether oxygens (including phenoxy) is 1. The van der Waals surface area contributed by atoms with Gasteiger partial charge in [-0.15, -0.1) is 0 Å². The fourth-order valence-electron chi connectivity index (χ4n) is 3.75. The summed E-state index contributed by atoms with van der Waals surface area (Å²) in [6, 6.07) is 0.476. The van der Waals surface area contributed by atoms with E-state index in [-0.39, 0.29) is 17.6 Å². The van der Waals surface area contributed by atoms with E-state index in [1.807, 2.05) is 13.8 Å². The molecule has 1 N–H and O–H groups in total. The number of allylic oxidation sites excluding steroid dienone is 1. The predicted molar refractivity (Wildman–Crippen MR) is 89.3 cm³/mol. The Morgan fingerprint density at radius 1 is 1.30 bits per heavy atom. The fraction of sp³-hybridized carbons (Fsp3) is 0.833. The Morgan fingerprint density at radius 3 is 2.52 bits per heavy atom. The molecule has 0 aromatic rings. The van der Waals surface area contributed by atoms with Gasteiger partial charge in [-0.2, -0.15) is 0 Å². The number of piperidine rings is 1. The summed E-state index contributed by atoms with van der Waals surface area (Å²) in [6.07, 6.45) is 4.93. The van der Waals surface area contributed by atoms with Gasteiger partial charge in [0.25, 0.3) is 5.91 Å². The number of aliphatic hydroxyl groups is 1. The van der Waals surface area contributed by atoms with E-state index in [0.717, 1.165) is 63.9 Å². The number of carbonyl (C=O) groups excluding carboxylic acids is 1. The van der Waals surface area contributed by atoms with Gasteiger partial charge in [-0.25, -0.2) is 0 Å².